The van der Waals surface area contributed by atoms with Gasteiger partial charge in [-0.3, -0.25) is 5.01 Å². The SMILES string of the molecule is C/C=C/C=C(\S)CN(/N=C/c1ccc(N(c2ccccc2)c2ccccc2)cc1)c1ccccc1. The first-order valence-corrected chi connectivity index (χ1v) is 12.1. The maximum atomic E-state index is 4.78. The minimum Gasteiger partial charge on any atom is -0.311 e. The Kier molecular flexibility index (Phi) is 8.57. The highest BCUT2D eigenvalue weighted by Gasteiger charge is 2.11. The molecule has 0 atom stereocenters. The van der Waals surface area contributed by atoms with Crippen LogP contribution in [0.5, 0.6) is 0 Å². The van der Waals surface area contributed by atoms with E-state index in [0.29, 0.717) is 6.54 Å². The van der Waals surface area contributed by atoms with Crippen molar-refractivity contribution < 1.29 is 0 Å². The third-order valence-electron chi connectivity index (χ3n) is 5.37. The van der Waals surface area contributed by atoms with Crippen molar-refractivity contribution in [3.8, 4) is 0 Å². The predicted octanol–water partition coefficient (Wildman–Crippen LogP) is 8.39. The highest BCUT2D eigenvalue weighted by molar-refractivity contribution is 7.84. The van der Waals surface area contributed by atoms with Crippen LogP contribution in [-0.4, -0.2) is 12.8 Å². The second-order valence-corrected chi connectivity index (χ2v) is 8.49. The van der Waals surface area contributed by atoms with Crippen molar-refractivity contribution in [3.63, 3.8) is 0 Å². The first-order chi connectivity index (χ1) is 17.2. The van der Waals surface area contributed by atoms with Crippen molar-refractivity contribution >= 4 is 41.6 Å². The van der Waals surface area contributed by atoms with Gasteiger partial charge in [-0.2, -0.15) is 5.10 Å². The summed E-state index contributed by atoms with van der Waals surface area (Å²) in [5.41, 5.74) is 5.36. The van der Waals surface area contributed by atoms with Crippen LogP contribution >= 0.6 is 12.6 Å². The smallest absolute Gasteiger partial charge is 0.0722 e. The number of benzene rings is 4. The largest absolute Gasteiger partial charge is 0.311 e. The number of hydrazone groups is 1. The molecule has 0 heterocycles. The van der Waals surface area contributed by atoms with Gasteiger partial charge in [0.25, 0.3) is 0 Å². The number of allylic oxidation sites excluding steroid dienone is 3. The summed E-state index contributed by atoms with van der Waals surface area (Å²) in [5, 5.41) is 6.74. The summed E-state index contributed by atoms with van der Waals surface area (Å²) >= 11 is 4.63. The van der Waals surface area contributed by atoms with Crippen LogP contribution in [0.3, 0.4) is 0 Å². The van der Waals surface area contributed by atoms with Crippen LogP contribution in [0, 0.1) is 0 Å². The number of hydrogen-bond donors (Lipinski definition) is 1. The third-order valence-corrected chi connectivity index (χ3v) is 5.66. The molecule has 4 aromatic carbocycles. The van der Waals surface area contributed by atoms with Crippen molar-refractivity contribution in [2.24, 2.45) is 5.10 Å². The molecule has 0 aliphatic carbocycles. The van der Waals surface area contributed by atoms with E-state index in [1.807, 2.05) is 66.7 Å². The predicted molar refractivity (Wildman–Crippen MR) is 154 cm³/mol. The molecule has 35 heavy (non-hydrogen) atoms. The van der Waals surface area contributed by atoms with Gasteiger partial charge in [0.05, 0.1) is 18.4 Å². The van der Waals surface area contributed by atoms with Crippen molar-refractivity contribution in [1.29, 1.82) is 0 Å². The second kappa shape index (κ2) is 12.4. The van der Waals surface area contributed by atoms with Gasteiger partial charge in [0.2, 0.25) is 0 Å². The Hall–Kier alpha value is -4.02. The Morgan fingerprint density at radius 3 is 1.69 bits per heavy atom. The first-order valence-electron chi connectivity index (χ1n) is 11.6. The zero-order chi connectivity index (χ0) is 24.3. The lowest BCUT2D eigenvalue weighted by Gasteiger charge is -2.25. The molecular weight excluding hydrogens is 446 g/mol. The molecule has 0 aliphatic heterocycles. The van der Waals surface area contributed by atoms with Crippen LogP contribution in [0.25, 0.3) is 0 Å². The molecule has 0 bridgehead atoms. The minimum atomic E-state index is 0.585. The average molecular weight is 476 g/mol. The van der Waals surface area contributed by atoms with Crippen LogP contribution in [-0.2, 0) is 0 Å². The van der Waals surface area contributed by atoms with Crippen molar-refractivity contribution in [2.75, 3.05) is 16.5 Å². The monoisotopic (exact) mass is 475 g/mol. The fraction of sp³-hybridized carbons (Fsp3) is 0.0645. The van der Waals surface area contributed by atoms with Gasteiger partial charge in [-0.05, 0) is 61.0 Å². The molecule has 0 saturated carbocycles. The molecule has 4 rings (SSSR count). The van der Waals surface area contributed by atoms with E-state index in [-0.39, 0.29) is 0 Å². The van der Waals surface area contributed by atoms with Crippen LogP contribution in [0.2, 0.25) is 0 Å². The van der Waals surface area contributed by atoms with E-state index in [2.05, 4.69) is 102 Å². The number of para-hydroxylation sites is 3. The van der Waals surface area contributed by atoms with Gasteiger partial charge in [0, 0.05) is 22.0 Å². The van der Waals surface area contributed by atoms with E-state index < -0.39 is 0 Å². The molecular formula is C31H29N3S. The normalized spacial score (nSPS) is 11.8. The zero-order valence-corrected chi connectivity index (χ0v) is 20.7. The lowest BCUT2D eigenvalue weighted by molar-refractivity contribution is 0.939. The number of rotatable bonds is 9. The van der Waals surface area contributed by atoms with Gasteiger partial charge in [-0.1, -0.05) is 85.0 Å². The van der Waals surface area contributed by atoms with Crippen LogP contribution < -0.4 is 9.91 Å². The maximum absolute atomic E-state index is 4.78. The van der Waals surface area contributed by atoms with E-state index in [1.165, 1.54) is 0 Å². The molecule has 0 spiro atoms. The lowest BCUT2D eigenvalue weighted by Crippen LogP contribution is -2.18. The van der Waals surface area contributed by atoms with Crippen LogP contribution in [0.4, 0.5) is 22.7 Å². The fourth-order valence-corrected chi connectivity index (χ4v) is 3.88. The molecule has 0 amide bonds. The summed E-state index contributed by atoms with van der Waals surface area (Å²) in [6, 6.07) is 39.4. The van der Waals surface area contributed by atoms with Crippen LogP contribution in [0.15, 0.2) is 143 Å². The van der Waals surface area contributed by atoms with Gasteiger partial charge in [0.1, 0.15) is 0 Å². The molecule has 0 radical (unpaired) electrons. The molecule has 4 heteroatoms. The summed E-state index contributed by atoms with van der Waals surface area (Å²) in [6.07, 6.45) is 7.86. The van der Waals surface area contributed by atoms with Gasteiger partial charge in [0.15, 0.2) is 0 Å². The van der Waals surface area contributed by atoms with E-state index in [9.17, 15) is 0 Å². The van der Waals surface area contributed by atoms with Crippen molar-refractivity contribution in [1.82, 2.24) is 0 Å². The molecule has 0 unspecified atom stereocenters. The highest BCUT2D eigenvalue weighted by atomic mass is 32.1. The van der Waals surface area contributed by atoms with E-state index in [1.54, 1.807) is 0 Å². The van der Waals surface area contributed by atoms with Gasteiger partial charge in [-0.15, -0.1) is 12.6 Å². The molecule has 174 valence electrons. The molecule has 0 N–H and O–H groups in total. The summed E-state index contributed by atoms with van der Waals surface area (Å²) in [6.45, 7) is 2.58. The molecule has 0 saturated heterocycles. The summed E-state index contributed by atoms with van der Waals surface area (Å²) < 4.78 is 0. The Balaban J connectivity index is 1.59. The van der Waals surface area contributed by atoms with Gasteiger partial charge in [-0.25, -0.2) is 0 Å². The third kappa shape index (κ3) is 6.75. The molecule has 0 aliphatic rings. The summed E-state index contributed by atoms with van der Waals surface area (Å²) in [5.74, 6) is 0. The zero-order valence-electron chi connectivity index (χ0n) is 19.8. The number of nitrogens with zero attached hydrogens (tertiary/aromatic N) is 3. The van der Waals surface area contributed by atoms with E-state index >= 15 is 0 Å². The molecule has 0 aromatic heterocycles. The topological polar surface area (TPSA) is 18.8 Å². The van der Waals surface area contributed by atoms with Crippen molar-refractivity contribution in [2.45, 2.75) is 6.92 Å². The van der Waals surface area contributed by atoms with E-state index in [0.717, 1.165) is 33.2 Å². The fourth-order valence-electron chi connectivity index (χ4n) is 3.66. The second-order valence-electron chi connectivity index (χ2n) is 7.92. The first kappa shape index (κ1) is 24.1. The number of hydrogen-bond acceptors (Lipinski definition) is 4. The number of thiol groups is 1. The number of anilines is 4. The van der Waals surface area contributed by atoms with Gasteiger partial charge >= 0.3 is 0 Å². The Bertz CT molecular complexity index is 1230. The molecule has 4 aromatic rings. The van der Waals surface area contributed by atoms with Crippen LogP contribution in [0.1, 0.15) is 12.5 Å². The molecule has 3 nitrogen and oxygen atoms in total. The van der Waals surface area contributed by atoms with E-state index in [4.69, 9.17) is 5.10 Å². The minimum absolute atomic E-state index is 0.585. The van der Waals surface area contributed by atoms with Gasteiger partial charge < -0.3 is 4.90 Å². The standard InChI is InChI=1S/C31H29N3S/c1-2-3-19-31(35)25-33(27-13-7-4-8-14-27)32-24-26-20-22-30(23-21-26)34(28-15-9-5-10-16-28)29-17-11-6-12-18-29/h2-24,35H,25H2,1H3/b3-2+,31-19-,32-24+. The summed E-state index contributed by atoms with van der Waals surface area (Å²) in [7, 11) is 0. The van der Waals surface area contributed by atoms with Crippen molar-refractivity contribution in [3.05, 3.63) is 144 Å². The summed E-state index contributed by atoms with van der Waals surface area (Å²) in [4.78, 5) is 3.18. The maximum Gasteiger partial charge on any atom is 0.0722 e. The average Bonchev–Trinajstić information content (AvgIpc) is 2.92. The molecule has 0 fully saturated rings. The quantitative estimate of drug-likeness (QED) is 0.113. The Morgan fingerprint density at radius 2 is 1.17 bits per heavy atom. The Morgan fingerprint density at radius 1 is 0.686 bits per heavy atom. The Labute approximate surface area is 213 Å². The highest BCUT2D eigenvalue weighted by Crippen LogP contribution is 2.33. The lowest BCUT2D eigenvalue weighted by atomic mass is 10.1.